The molecule has 1 N–H and O–H groups in total. The van der Waals surface area contributed by atoms with Crippen molar-refractivity contribution in [2.75, 3.05) is 5.32 Å². The van der Waals surface area contributed by atoms with Crippen molar-refractivity contribution in [1.29, 1.82) is 0 Å². The Morgan fingerprint density at radius 2 is 1.96 bits per heavy atom. The molecule has 0 aliphatic heterocycles. The lowest BCUT2D eigenvalue weighted by Crippen LogP contribution is -2.29. The van der Waals surface area contributed by atoms with Crippen LogP contribution < -0.4 is 10.9 Å². The summed E-state index contributed by atoms with van der Waals surface area (Å²) in [5, 5.41) is 2.80. The SMILES string of the molecule is O=C(Nc1cccn(Cc2ccccc2)c1=O)C1CC=CCC1. The summed E-state index contributed by atoms with van der Waals surface area (Å²) in [5.41, 5.74) is 1.23. The molecule has 1 amide bonds. The molecule has 0 bridgehead atoms. The van der Waals surface area contributed by atoms with Gasteiger partial charge < -0.3 is 9.88 Å². The maximum absolute atomic E-state index is 12.5. The summed E-state index contributed by atoms with van der Waals surface area (Å²) < 4.78 is 1.62. The normalized spacial score (nSPS) is 17.0. The Kier molecular flexibility index (Phi) is 4.71. The van der Waals surface area contributed by atoms with E-state index in [9.17, 15) is 9.59 Å². The lowest BCUT2D eigenvalue weighted by molar-refractivity contribution is -0.120. The monoisotopic (exact) mass is 308 g/mol. The first-order chi connectivity index (χ1) is 11.2. The third kappa shape index (κ3) is 3.77. The van der Waals surface area contributed by atoms with E-state index in [1.54, 1.807) is 22.9 Å². The van der Waals surface area contributed by atoms with Crippen LogP contribution in [0.1, 0.15) is 24.8 Å². The molecule has 1 aromatic carbocycles. The van der Waals surface area contributed by atoms with Gasteiger partial charge in [0, 0.05) is 12.1 Å². The number of benzene rings is 1. The summed E-state index contributed by atoms with van der Waals surface area (Å²) in [4.78, 5) is 24.8. The Morgan fingerprint density at radius 1 is 1.13 bits per heavy atom. The number of hydrogen-bond acceptors (Lipinski definition) is 2. The van der Waals surface area contributed by atoms with E-state index >= 15 is 0 Å². The average Bonchev–Trinajstić information content (AvgIpc) is 2.60. The minimum Gasteiger partial charge on any atom is -0.321 e. The van der Waals surface area contributed by atoms with Gasteiger partial charge in [-0.2, -0.15) is 0 Å². The molecule has 4 heteroatoms. The number of allylic oxidation sites excluding steroid dienone is 2. The van der Waals surface area contributed by atoms with Crippen molar-refractivity contribution in [1.82, 2.24) is 4.57 Å². The van der Waals surface area contributed by atoms with E-state index < -0.39 is 0 Å². The van der Waals surface area contributed by atoms with Gasteiger partial charge >= 0.3 is 0 Å². The first-order valence-electron chi connectivity index (χ1n) is 7.93. The highest BCUT2D eigenvalue weighted by molar-refractivity contribution is 5.92. The maximum Gasteiger partial charge on any atom is 0.274 e. The highest BCUT2D eigenvalue weighted by Gasteiger charge is 2.19. The third-order valence-electron chi connectivity index (χ3n) is 4.11. The van der Waals surface area contributed by atoms with Crippen LogP contribution in [0.2, 0.25) is 0 Å². The molecule has 1 aliphatic carbocycles. The quantitative estimate of drug-likeness (QED) is 0.882. The van der Waals surface area contributed by atoms with Crippen molar-refractivity contribution in [3.63, 3.8) is 0 Å². The van der Waals surface area contributed by atoms with Gasteiger partial charge in [0.15, 0.2) is 0 Å². The van der Waals surface area contributed by atoms with Crippen molar-refractivity contribution in [2.24, 2.45) is 5.92 Å². The largest absolute Gasteiger partial charge is 0.321 e. The lowest BCUT2D eigenvalue weighted by atomic mass is 9.93. The zero-order chi connectivity index (χ0) is 16.1. The molecule has 23 heavy (non-hydrogen) atoms. The van der Waals surface area contributed by atoms with Gasteiger partial charge in [-0.25, -0.2) is 0 Å². The molecule has 3 rings (SSSR count). The third-order valence-corrected chi connectivity index (χ3v) is 4.11. The van der Waals surface area contributed by atoms with Gasteiger partial charge in [0.2, 0.25) is 5.91 Å². The standard InChI is InChI=1S/C19H20N2O2/c22-18(16-10-5-2-6-11-16)20-17-12-7-13-21(19(17)23)14-15-8-3-1-4-9-15/h1-5,7-9,12-13,16H,6,10-11,14H2,(H,20,22). The highest BCUT2D eigenvalue weighted by Crippen LogP contribution is 2.19. The van der Waals surface area contributed by atoms with E-state index in [0.29, 0.717) is 12.2 Å². The Labute approximate surface area is 135 Å². The van der Waals surface area contributed by atoms with Crippen LogP contribution in [0.3, 0.4) is 0 Å². The number of amides is 1. The van der Waals surface area contributed by atoms with Gasteiger partial charge in [0.25, 0.3) is 5.56 Å². The van der Waals surface area contributed by atoms with Gasteiger partial charge in [0.1, 0.15) is 5.69 Å². The molecule has 1 aromatic heterocycles. The van der Waals surface area contributed by atoms with Gasteiger partial charge in [0.05, 0.1) is 6.54 Å². The summed E-state index contributed by atoms with van der Waals surface area (Å²) in [5.74, 6) is -0.105. The lowest BCUT2D eigenvalue weighted by Gasteiger charge is -2.17. The molecule has 0 saturated carbocycles. The van der Waals surface area contributed by atoms with Crippen LogP contribution >= 0.6 is 0 Å². The topological polar surface area (TPSA) is 51.1 Å². The molecular weight excluding hydrogens is 288 g/mol. The fourth-order valence-corrected chi connectivity index (χ4v) is 2.80. The van der Waals surface area contributed by atoms with Crippen molar-refractivity contribution < 1.29 is 4.79 Å². The molecule has 0 saturated heterocycles. The molecule has 1 unspecified atom stereocenters. The van der Waals surface area contributed by atoms with E-state index in [1.807, 2.05) is 36.4 Å². The van der Waals surface area contributed by atoms with Crippen molar-refractivity contribution in [3.05, 3.63) is 76.7 Å². The number of pyridine rings is 1. The first kappa shape index (κ1) is 15.3. The molecule has 1 aliphatic rings. The first-order valence-corrected chi connectivity index (χ1v) is 7.93. The number of aromatic nitrogens is 1. The predicted molar refractivity (Wildman–Crippen MR) is 91.4 cm³/mol. The number of hydrogen-bond donors (Lipinski definition) is 1. The van der Waals surface area contributed by atoms with Crippen LogP contribution in [0.25, 0.3) is 0 Å². The molecule has 2 aromatic rings. The summed E-state index contributed by atoms with van der Waals surface area (Å²) in [6.45, 7) is 0.496. The van der Waals surface area contributed by atoms with Crippen molar-refractivity contribution in [3.8, 4) is 0 Å². The van der Waals surface area contributed by atoms with Crippen LogP contribution in [0, 0.1) is 5.92 Å². The van der Waals surface area contributed by atoms with Gasteiger partial charge in [-0.15, -0.1) is 0 Å². The number of anilines is 1. The van der Waals surface area contributed by atoms with E-state index in [1.165, 1.54) is 0 Å². The van der Waals surface area contributed by atoms with E-state index in [0.717, 1.165) is 24.8 Å². The Morgan fingerprint density at radius 3 is 2.70 bits per heavy atom. The van der Waals surface area contributed by atoms with Crippen molar-refractivity contribution in [2.45, 2.75) is 25.8 Å². The van der Waals surface area contributed by atoms with Gasteiger partial charge in [-0.05, 0) is 37.0 Å². The van der Waals surface area contributed by atoms with Crippen LogP contribution in [0.15, 0.2) is 65.6 Å². The van der Waals surface area contributed by atoms with Crippen LogP contribution in [-0.4, -0.2) is 10.5 Å². The van der Waals surface area contributed by atoms with Gasteiger partial charge in [-0.1, -0.05) is 42.5 Å². The second-order valence-corrected chi connectivity index (χ2v) is 5.81. The fourth-order valence-electron chi connectivity index (χ4n) is 2.80. The van der Waals surface area contributed by atoms with E-state index in [2.05, 4.69) is 11.4 Å². The average molecular weight is 308 g/mol. The molecule has 118 valence electrons. The van der Waals surface area contributed by atoms with E-state index in [4.69, 9.17) is 0 Å². The van der Waals surface area contributed by atoms with Gasteiger partial charge in [-0.3, -0.25) is 9.59 Å². The van der Waals surface area contributed by atoms with Crippen LogP contribution in [0.5, 0.6) is 0 Å². The summed E-state index contributed by atoms with van der Waals surface area (Å²) in [7, 11) is 0. The number of rotatable bonds is 4. The second kappa shape index (κ2) is 7.09. The summed E-state index contributed by atoms with van der Waals surface area (Å²) in [6, 6.07) is 13.3. The molecule has 1 heterocycles. The molecule has 4 nitrogen and oxygen atoms in total. The number of nitrogens with one attached hydrogen (secondary N) is 1. The summed E-state index contributed by atoms with van der Waals surface area (Å²) in [6.07, 6.45) is 8.38. The minimum atomic E-state index is -0.170. The predicted octanol–water partition coefficient (Wildman–Crippen LogP) is 3.19. The maximum atomic E-state index is 12.5. The van der Waals surface area contributed by atoms with Crippen LogP contribution in [-0.2, 0) is 11.3 Å². The zero-order valence-corrected chi connectivity index (χ0v) is 12.9. The minimum absolute atomic E-state index is 0.0396. The fraction of sp³-hybridized carbons (Fsp3) is 0.263. The smallest absolute Gasteiger partial charge is 0.274 e. The van der Waals surface area contributed by atoms with E-state index in [-0.39, 0.29) is 17.4 Å². The zero-order valence-electron chi connectivity index (χ0n) is 12.9. The molecular formula is C19H20N2O2. The highest BCUT2D eigenvalue weighted by atomic mass is 16.2. The number of carbonyl (C=O) groups excluding carboxylic acids is 1. The Balaban J connectivity index is 1.75. The van der Waals surface area contributed by atoms with Crippen LogP contribution in [0.4, 0.5) is 5.69 Å². The second-order valence-electron chi connectivity index (χ2n) is 5.81. The Bertz CT molecular complexity index is 762. The van der Waals surface area contributed by atoms with Crippen molar-refractivity contribution >= 4 is 11.6 Å². The molecule has 0 radical (unpaired) electrons. The Hall–Kier alpha value is -2.62. The molecule has 1 atom stereocenters. The molecule has 0 fully saturated rings. The molecule has 0 spiro atoms. The summed E-state index contributed by atoms with van der Waals surface area (Å²) >= 11 is 0. The number of carbonyl (C=O) groups is 1. The number of nitrogens with zero attached hydrogens (tertiary/aromatic N) is 1.